The number of benzene rings is 2. The van der Waals surface area contributed by atoms with Crippen molar-refractivity contribution in [2.24, 2.45) is 0 Å². The second-order valence-electron chi connectivity index (χ2n) is 9.52. The number of piperidine rings is 2. The Kier molecular flexibility index (Phi) is 8.92. The quantitative estimate of drug-likeness (QED) is 0.474. The maximum atomic E-state index is 12.7. The number of likely N-dealkylation sites (tertiary alicyclic amines) is 2. The Morgan fingerprint density at radius 2 is 1.44 bits per heavy atom. The summed E-state index contributed by atoms with van der Waals surface area (Å²) in [4.78, 5) is 5.23. The third kappa shape index (κ3) is 7.68. The number of nitrogens with one attached hydrogen (secondary N) is 1. The fraction of sp³-hybridized carbons (Fsp3) is 0.538. The predicted molar refractivity (Wildman–Crippen MR) is 133 cm³/mol. The molecule has 0 bridgehead atoms. The number of sulfonamides is 1. The van der Waals surface area contributed by atoms with Gasteiger partial charge in [-0.15, -0.1) is 13.2 Å². The van der Waals surface area contributed by atoms with E-state index in [4.69, 9.17) is 0 Å². The molecule has 0 unspecified atom stereocenters. The molecule has 2 fully saturated rings. The molecule has 2 aromatic rings. The normalized spacial score (nSPS) is 18.9. The molecule has 0 aliphatic carbocycles. The summed E-state index contributed by atoms with van der Waals surface area (Å²) >= 11 is 0. The van der Waals surface area contributed by atoms with Gasteiger partial charge < -0.3 is 14.5 Å². The van der Waals surface area contributed by atoms with Crippen LogP contribution in [0.4, 0.5) is 13.2 Å². The Hall–Kier alpha value is -2.14. The zero-order chi connectivity index (χ0) is 25.6. The summed E-state index contributed by atoms with van der Waals surface area (Å²) in [5.74, 6) is -0.305. The number of hydrogen-bond acceptors (Lipinski definition) is 5. The molecule has 2 saturated heterocycles. The molecule has 2 aliphatic rings. The summed E-state index contributed by atoms with van der Waals surface area (Å²) < 4.78 is 68.9. The smallest absolute Gasteiger partial charge is 0.406 e. The van der Waals surface area contributed by atoms with Crippen LogP contribution in [-0.2, 0) is 10.0 Å². The van der Waals surface area contributed by atoms with Gasteiger partial charge in [-0.1, -0.05) is 30.7 Å². The van der Waals surface area contributed by atoms with Gasteiger partial charge in [-0.2, -0.15) is 0 Å². The van der Waals surface area contributed by atoms with Crippen LogP contribution in [0.3, 0.4) is 0 Å². The van der Waals surface area contributed by atoms with Crippen LogP contribution in [0.2, 0.25) is 0 Å². The first-order chi connectivity index (χ1) is 17.2. The van der Waals surface area contributed by atoms with Gasteiger partial charge in [0, 0.05) is 12.6 Å². The lowest BCUT2D eigenvalue weighted by Gasteiger charge is -2.40. The molecule has 0 aromatic heterocycles. The van der Waals surface area contributed by atoms with E-state index in [0.29, 0.717) is 23.7 Å². The summed E-state index contributed by atoms with van der Waals surface area (Å²) in [7, 11) is -3.63. The van der Waals surface area contributed by atoms with Crippen molar-refractivity contribution in [1.82, 2.24) is 14.5 Å². The molecule has 198 valence electrons. The van der Waals surface area contributed by atoms with Crippen molar-refractivity contribution in [3.05, 3.63) is 48.5 Å². The minimum Gasteiger partial charge on any atom is -0.406 e. The highest BCUT2D eigenvalue weighted by Crippen LogP contribution is 2.27. The largest absolute Gasteiger partial charge is 0.573 e. The number of ether oxygens (including phenoxy) is 1. The van der Waals surface area contributed by atoms with E-state index < -0.39 is 16.4 Å². The zero-order valence-corrected chi connectivity index (χ0v) is 21.2. The summed E-state index contributed by atoms with van der Waals surface area (Å²) in [5.41, 5.74) is 1.35. The first kappa shape index (κ1) is 26.9. The third-order valence-corrected chi connectivity index (χ3v) is 8.47. The molecule has 2 aromatic carbocycles. The van der Waals surface area contributed by atoms with Crippen LogP contribution in [0.5, 0.6) is 5.75 Å². The maximum Gasteiger partial charge on any atom is 0.573 e. The molecule has 4 rings (SSSR count). The van der Waals surface area contributed by atoms with Crippen LogP contribution in [0.15, 0.2) is 53.4 Å². The van der Waals surface area contributed by atoms with E-state index in [9.17, 15) is 21.6 Å². The van der Waals surface area contributed by atoms with Crippen LogP contribution >= 0.6 is 0 Å². The van der Waals surface area contributed by atoms with E-state index in [1.54, 1.807) is 12.1 Å². The lowest BCUT2D eigenvalue weighted by Crippen LogP contribution is -2.47. The summed E-state index contributed by atoms with van der Waals surface area (Å²) in [6.07, 6.45) is 2.37. The Bertz CT molecular complexity index is 1060. The first-order valence-electron chi connectivity index (χ1n) is 12.6. The number of alkyl halides is 3. The van der Waals surface area contributed by atoms with E-state index in [0.717, 1.165) is 26.1 Å². The van der Waals surface area contributed by atoms with Gasteiger partial charge in [0.1, 0.15) is 5.75 Å². The van der Waals surface area contributed by atoms with E-state index >= 15 is 0 Å². The van der Waals surface area contributed by atoms with E-state index in [2.05, 4.69) is 19.3 Å². The van der Waals surface area contributed by atoms with Gasteiger partial charge in [0.25, 0.3) is 0 Å². The molecule has 2 heterocycles. The second kappa shape index (κ2) is 11.9. The van der Waals surface area contributed by atoms with Crippen LogP contribution in [0.25, 0.3) is 11.1 Å². The van der Waals surface area contributed by atoms with E-state index in [1.165, 1.54) is 81.6 Å². The minimum atomic E-state index is -4.74. The van der Waals surface area contributed by atoms with Crippen LogP contribution in [0, 0.1) is 0 Å². The fourth-order valence-electron chi connectivity index (χ4n) is 5.06. The van der Waals surface area contributed by atoms with Crippen molar-refractivity contribution in [3.8, 4) is 16.9 Å². The molecule has 1 N–H and O–H groups in total. The lowest BCUT2D eigenvalue weighted by molar-refractivity contribution is -0.274. The zero-order valence-electron chi connectivity index (χ0n) is 20.3. The van der Waals surface area contributed by atoms with Crippen LogP contribution in [0.1, 0.15) is 38.5 Å². The van der Waals surface area contributed by atoms with Gasteiger partial charge in [0.2, 0.25) is 10.0 Å². The topological polar surface area (TPSA) is 61.9 Å². The fourth-order valence-corrected chi connectivity index (χ4v) is 6.13. The average Bonchev–Trinajstić information content (AvgIpc) is 2.87. The van der Waals surface area contributed by atoms with Crippen LogP contribution < -0.4 is 9.46 Å². The Balaban J connectivity index is 1.21. The van der Waals surface area contributed by atoms with Crippen molar-refractivity contribution < 1.29 is 26.3 Å². The number of nitrogens with zero attached hydrogens (tertiary/aromatic N) is 2. The second-order valence-corrected chi connectivity index (χ2v) is 11.3. The Labute approximate surface area is 211 Å². The number of hydrogen-bond donors (Lipinski definition) is 1. The SMILES string of the molecule is O=S(=O)(NCCCN1CCC(N2CCCCC2)CC1)c1ccc(-c2ccc(OC(F)(F)F)cc2)cc1. The van der Waals surface area contributed by atoms with Gasteiger partial charge in [-0.3, -0.25) is 0 Å². The maximum absolute atomic E-state index is 12.7. The van der Waals surface area contributed by atoms with Crippen molar-refractivity contribution >= 4 is 10.0 Å². The molecular formula is C26H34F3N3O3S. The van der Waals surface area contributed by atoms with Crippen molar-refractivity contribution in [2.75, 3.05) is 39.3 Å². The van der Waals surface area contributed by atoms with Crippen molar-refractivity contribution in [3.63, 3.8) is 0 Å². The third-order valence-electron chi connectivity index (χ3n) is 6.99. The highest BCUT2D eigenvalue weighted by atomic mass is 32.2. The van der Waals surface area contributed by atoms with Gasteiger partial charge in [-0.25, -0.2) is 13.1 Å². The van der Waals surface area contributed by atoms with Gasteiger partial charge in [-0.05, 0) is 100 Å². The molecule has 0 saturated carbocycles. The Morgan fingerprint density at radius 1 is 0.861 bits per heavy atom. The predicted octanol–water partition coefficient (Wildman–Crippen LogP) is 4.87. The molecular weight excluding hydrogens is 491 g/mol. The number of halogens is 3. The summed E-state index contributed by atoms with van der Waals surface area (Å²) in [5, 5.41) is 0. The number of rotatable bonds is 9. The molecule has 0 spiro atoms. The van der Waals surface area contributed by atoms with Gasteiger partial charge in [0.15, 0.2) is 0 Å². The average molecular weight is 526 g/mol. The monoisotopic (exact) mass is 525 g/mol. The molecule has 2 aliphatic heterocycles. The summed E-state index contributed by atoms with van der Waals surface area (Å²) in [6, 6.07) is 12.4. The standard InChI is InChI=1S/C26H34F3N3O3S/c27-26(28,29)35-24-9-5-21(6-10-24)22-7-11-25(12-8-22)36(33,34)30-15-4-16-31-19-13-23(14-20-31)32-17-2-1-3-18-32/h5-12,23,30H,1-4,13-20H2. The lowest BCUT2D eigenvalue weighted by atomic mass is 10.00. The summed E-state index contributed by atoms with van der Waals surface area (Å²) in [6.45, 7) is 5.85. The molecule has 6 nitrogen and oxygen atoms in total. The molecule has 0 atom stereocenters. The molecule has 0 radical (unpaired) electrons. The van der Waals surface area contributed by atoms with Crippen LogP contribution in [-0.4, -0.2) is 69.9 Å². The highest BCUT2D eigenvalue weighted by molar-refractivity contribution is 7.89. The molecule has 36 heavy (non-hydrogen) atoms. The van der Waals surface area contributed by atoms with Crippen molar-refractivity contribution in [1.29, 1.82) is 0 Å². The first-order valence-corrected chi connectivity index (χ1v) is 14.1. The van der Waals surface area contributed by atoms with Crippen molar-refractivity contribution in [2.45, 2.75) is 55.8 Å². The van der Waals surface area contributed by atoms with E-state index in [1.807, 2.05) is 0 Å². The highest BCUT2D eigenvalue weighted by Gasteiger charge is 2.31. The van der Waals surface area contributed by atoms with Gasteiger partial charge >= 0.3 is 6.36 Å². The Morgan fingerprint density at radius 3 is 2.03 bits per heavy atom. The molecule has 10 heteroatoms. The van der Waals surface area contributed by atoms with E-state index in [-0.39, 0.29) is 10.6 Å². The molecule has 0 amide bonds. The minimum absolute atomic E-state index is 0.158. The van der Waals surface area contributed by atoms with Gasteiger partial charge in [0.05, 0.1) is 4.90 Å².